The Bertz CT molecular complexity index is 382. The predicted octanol–water partition coefficient (Wildman–Crippen LogP) is 3.38. The van der Waals surface area contributed by atoms with E-state index in [1.807, 2.05) is 43.0 Å². The number of hydrogen-bond acceptors (Lipinski definition) is 3. The van der Waals surface area contributed by atoms with E-state index in [0.717, 1.165) is 11.3 Å². The Morgan fingerprint density at radius 1 is 1.22 bits per heavy atom. The van der Waals surface area contributed by atoms with Gasteiger partial charge in [0, 0.05) is 5.69 Å². The first-order valence-corrected chi connectivity index (χ1v) is 6.55. The second-order valence-corrected chi connectivity index (χ2v) is 5.24. The van der Waals surface area contributed by atoms with Gasteiger partial charge in [0.2, 0.25) is 0 Å². The van der Waals surface area contributed by atoms with Crippen molar-refractivity contribution in [2.75, 3.05) is 12.0 Å². The molecule has 0 aliphatic rings. The summed E-state index contributed by atoms with van der Waals surface area (Å²) in [5, 5.41) is 0. The molecule has 0 saturated carbocycles. The normalized spacial score (nSPS) is 13.8. The van der Waals surface area contributed by atoms with E-state index < -0.39 is 0 Å². The van der Waals surface area contributed by atoms with Gasteiger partial charge in [-0.05, 0) is 31.5 Å². The molecule has 0 aromatic heterocycles. The molecule has 18 heavy (non-hydrogen) atoms. The van der Waals surface area contributed by atoms with Crippen molar-refractivity contribution in [2.45, 2.75) is 31.3 Å². The number of benzene rings is 1. The molecule has 1 aromatic rings. The minimum absolute atomic E-state index is 0.205. The van der Waals surface area contributed by atoms with Gasteiger partial charge in [0.05, 0.1) is 13.5 Å². The van der Waals surface area contributed by atoms with E-state index in [9.17, 15) is 4.79 Å². The Morgan fingerprint density at radius 3 is 2.11 bits per heavy atom. The molecule has 2 atom stereocenters. The van der Waals surface area contributed by atoms with Crippen molar-refractivity contribution in [2.24, 2.45) is 0 Å². The molecule has 0 N–H and O–H groups in total. The number of hydrogen-bond donors (Lipinski definition) is 0. The highest BCUT2D eigenvalue weighted by atomic mass is 35.5. The van der Waals surface area contributed by atoms with Crippen molar-refractivity contribution in [1.82, 2.24) is 0 Å². The SMILES string of the molecule is COC(=O)Cc1ccc(N(C(C)Cl)C(C)Cl)cc1. The average Bonchev–Trinajstić information content (AvgIpc) is 2.30. The summed E-state index contributed by atoms with van der Waals surface area (Å²) in [5.74, 6) is -0.254. The summed E-state index contributed by atoms with van der Waals surface area (Å²) in [7, 11) is 1.38. The molecule has 0 fully saturated rings. The van der Waals surface area contributed by atoms with E-state index in [1.165, 1.54) is 7.11 Å². The molecule has 0 heterocycles. The molecule has 0 saturated heterocycles. The van der Waals surface area contributed by atoms with E-state index in [2.05, 4.69) is 4.74 Å². The maximum Gasteiger partial charge on any atom is 0.309 e. The molecule has 100 valence electrons. The second kappa shape index (κ2) is 6.86. The molecule has 0 aliphatic heterocycles. The molecule has 0 bridgehead atoms. The standard InChI is InChI=1S/C13H17Cl2NO2/c1-9(14)16(10(2)15)12-6-4-11(5-7-12)8-13(17)18-3/h4-7,9-10H,8H2,1-3H3. The van der Waals surface area contributed by atoms with Crippen LogP contribution in [-0.4, -0.2) is 24.1 Å². The number of nitrogens with zero attached hydrogens (tertiary/aromatic N) is 1. The van der Waals surface area contributed by atoms with Crippen LogP contribution in [0.3, 0.4) is 0 Å². The number of ether oxygens (including phenoxy) is 1. The molecule has 0 radical (unpaired) electrons. The van der Waals surface area contributed by atoms with Crippen LogP contribution in [0, 0.1) is 0 Å². The molecule has 0 amide bonds. The highest BCUT2D eigenvalue weighted by Crippen LogP contribution is 2.24. The highest BCUT2D eigenvalue weighted by molar-refractivity contribution is 6.25. The van der Waals surface area contributed by atoms with Crippen molar-refractivity contribution in [1.29, 1.82) is 0 Å². The molecular formula is C13H17Cl2NO2. The minimum atomic E-state index is -0.254. The fourth-order valence-electron chi connectivity index (χ4n) is 1.72. The molecule has 5 heteroatoms. The number of esters is 1. The van der Waals surface area contributed by atoms with Crippen LogP contribution in [0.15, 0.2) is 24.3 Å². The summed E-state index contributed by atoms with van der Waals surface area (Å²) in [6.45, 7) is 3.73. The summed E-state index contributed by atoms with van der Waals surface area (Å²) in [4.78, 5) is 13.0. The third-order valence-electron chi connectivity index (χ3n) is 2.58. The van der Waals surface area contributed by atoms with E-state index in [0.29, 0.717) is 0 Å². The molecule has 0 spiro atoms. The molecule has 2 unspecified atom stereocenters. The number of halogens is 2. The van der Waals surface area contributed by atoms with Gasteiger partial charge in [0.15, 0.2) is 0 Å². The van der Waals surface area contributed by atoms with E-state index in [-0.39, 0.29) is 23.4 Å². The zero-order valence-corrected chi connectivity index (χ0v) is 12.2. The van der Waals surface area contributed by atoms with Crippen LogP contribution in [-0.2, 0) is 16.0 Å². The average molecular weight is 290 g/mol. The quantitative estimate of drug-likeness (QED) is 0.473. The summed E-state index contributed by atoms with van der Waals surface area (Å²) >= 11 is 12.2. The van der Waals surface area contributed by atoms with Crippen molar-refractivity contribution >= 4 is 34.9 Å². The van der Waals surface area contributed by atoms with Gasteiger partial charge < -0.3 is 9.64 Å². The lowest BCUT2D eigenvalue weighted by atomic mass is 10.1. The van der Waals surface area contributed by atoms with Crippen LogP contribution < -0.4 is 4.90 Å². The van der Waals surface area contributed by atoms with E-state index >= 15 is 0 Å². The number of carbonyl (C=O) groups excluding carboxylic acids is 1. The first-order valence-electron chi connectivity index (χ1n) is 5.68. The Balaban J connectivity index is 2.84. The number of rotatable bonds is 5. The van der Waals surface area contributed by atoms with Gasteiger partial charge in [0.1, 0.15) is 11.0 Å². The molecule has 1 aromatic carbocycles. The largest absolute Gasteiger partial charge is 0.469 e. The molecule has 3 nitrogen and oxygen atoms in total. The summed E-state index contributed by atoms with van der Waals surface area (Å²) in [5.41, 5.74) is 1.41. The van der Waals surface area contributed by atoms with Gasteiger partial charge >= 0.3 is 5.97 Å². The van der Waals surface area contributed by atoms with Crippen LogP contribution in [0.2, 0.25) is 0 Å². The highest BCUT2D eigenvalue weighted by Gasteiger charge is 2.17. The summed E-state index contributed by atoms with van der Waals surface area (Å²) < 4.78 is 4.62. The topological polar surface area (TPSA) is 29.5 Å². The Morgan fingerprint density at radius 2 is 1.72 bits per heavy atom. The van der Waals surface area contributed by atoms with Gasteiger partial charge in [0.25, 0.3) is 0 Å². The first-order chi connectivity index (χ1) is 8.45. The van der Waals surface area contributed by atoms with Crippen molar-refractivity contribution in [3.63, 3.8) is 0 Å². The lowest BCUT2D eigenvalue weighted by Crippen LogP contribution is -2.34. The maximum absolute atomic E-state index is 11.1. The second-order valence-electron chi connectivity index (χ2n) is 3.97. The fourth-order valence-corrected chi connectivity index (χ4v) is 2.34. The van der Waals surface area contributed by atoms with Gasteiger partial charge in [-0.1, -0.05) is 35.3 Å². The van der Waals surface area contributed by atoms with Crippen molar-refractivity contribution in [3.05, 3.63) is 29.8 Å². The molecule has 0 aliphatic carbocycles. The van der Waals surface area contributed by atoms with Crippen molar-refractivity contribution in [3.8, 4) is 0 Å². The first kappa shape index (κ1) is 15.1. The van der Waals surface area contributed by atoms with Gasteiger partial charge in [-0.15, -0.1) is 0 Å². The van der Waals surface area contributed by atoms with Crippen LogP contribution >= 0.6 is 23.2 Å². The van der Waals surface area contributed by atoms with Crippen molar-refractivity contribution < 1.29 is 9.53 Å². The lowest BCUT2D eigenvalue weighted by molar-refractivity contribution is -0.139. The minimum Gasteiger partial charge on any atom is -0.469 e. The third-order valence-corrected chi connectivity index (χ3v) is 3.00. The van der Waals surface area contributed by atoms with E-state index in [1.54, 1.807) is 0 Å². The lowest BCUT2D eigenvalue weighted by Gasteiger charge is -2.30. The Hall–Kier alpha value is -0.930. The Labute approximate surface area is 118 Å². The zero-order chi connectivity index (χ0) is 13.7. The summed E-state index contributed by atoms with van der Waals surface area (Å²) in [6.07, 6.45) is 0.267. The molecular weight excluding hydrogens is 273 g/mol. The Kier molecular flexibility index (Phi) is 5.76. The predicted molar refractivity (Wildman–Crippen MR) is 75.3 cm³/mol. The number of alkyl halides is 2. The monoisotopic (exact) mass is 289 g/mol. The number of anilines is 1. The smallest absolute Gasteiger partial charge is 0.309 e. The maximum atomic E-state index is 11.1. The van der Waals surface area contributed by atoms with Crippen LogP contribution in [0.5, 0.6) is 0 Å². The van der Waals surface area contributed by atoms with Crippen LogP contribution in [0.25, 0.3) is 0 Å². The van der Waals surface area contributed by atoms with Crippen LogP contribution in [0.1, 0.15) is 19.4 Å². The van der Waals surface area contributed by atoms with Gasteiger partial charge in [-0.25, -0.2) is 0 Å². The van der Waals surface area contributed by atoms with Crippen LogP contribution in [0.4, 0.5) is 5.69 Å². The van der Waals surface area contributed by atoms with Gasteiger partial charge in [-0.3, -0.25) is 4.79 Å². The fraction of sp³-hybridized carbons (Fsp3) is 0.462. The number of carbonyl (C=O) groups is 1. The number of methoxy groups -OCH3 is 1. The van der Waals surface area contributed by atoms with Gasteiger partial charge in [-0.2, -0.15) is 0 Å². The van der Waals surface area contributed by atoms with E-state index in [4.69, 9.17) is 23.2 Å². The summed E-state index contributed by atoms with van der Waals surface area (Å²) in [6, 6.07) is 7.54. The molecule has 1 rings (SSSR count). The third kappa shape index (κ3) is 4.07. The zero-order valence-electron chi connectivity index (χ0n) is 10.7.